The van der Waals surface area contributed by atoms with Crippen molar-refractivity contribution in [3.05, 3.63) is 72.2 Å². The number of carbonyl (C=O) groups excluding carboxylic acids is 1. The molecular weight excluding hydrogens is 417 g/mol. The van der Waals surface area contributed by atoms with Gasteiger partial charge in [-0.3, -0.25) is 14.7 Å². The third-order valence-electron chi connectivity index (χ3n) is 4.47. The zero-order chi connectivity index (χ0) is 21.8. The first-order valence-electron chi connectivity index (χ1n) is 9.67. The molecule has 0 aliphatic heterocycles. The molecule has 9 heteroatoms. The van der Waals surface area contributed by atoms with Crippen LogP contribution in [0.1, 0.15) is 25.5 Å². The molecule has 4 aromatic rings. The van der Waals surface area contributed by atoms with Crippen LogP contribution in [0.15, 0.2) is 70.3 Å². The van der Waals surface area contributed by atoms with Crippen molar-refractivity contribution < 1.29 is 13.7 Å². The Labute approximate surface area is 182 Å². The summed E-state index contributed by atoms with van der Waals surface area (Å²) in [6.45, 7) is 3.98. The van der Waals surface area contributed by atoms with Crippen LogP contribution >= 0.6 is 11.8 Å². The Bertz CT molecular complexity index is 1170. The van der Waals surface area contributed by atoms with Crippen molar-refractivity contribution >= 4 is 23.6 Å². The summed E-state index contributed by atoms with van der Waals surface area (Å²) in [5.74, 6) is 0.609. The molecule has 2 heterocycles. The molecule has 0 bridgehead atoms. The molecule has 0 saturated heterocycles. The van der Waals surface area contributed by atoms with Gasteiger partial charge in [0.2, 0.25) is 11.8 Å². The standard InChI is InChI=1S/C22H20FN5O2S/c1-14(2)18-12-20(30-27-18)24-19(29)13-31-22-26-25-21(15-6-4-3-5-7-15)28(22)17-10-8-16(23)9-11-17/h3-12,14H,13H2,1-2H3,(H,24,29). The number of aromatic nitrogens is 4. The summed E-state index contributed by atoms with van der Waals surface area (Å²) in [5, 5.41) is 15.7. The summed E-state index contributed by atoms with van der Waals surface area (Å²) in [7, 11) is 0. The number of rotatable bonds is 7. The first-order chi connectivity index (χ1) is 15.0. The number of benzene rings is 2. The Morgan fingerprint density at radius 2 is 1.87 bits per heavy atom. The molecule has 0 aliphatic rings. The summed E-state index contributed by atoms with van der Waals surface area (Å²) in [6, 6.07) is 17.3. The normalized spacial score (nSPS) is 11.1. The second kappa shape index (κ2) is 9.13. The van der Waals surface area contributed by atoms with Crippen molar-refractivity contribution in [3.63, 3.8) is 0 Å². The molecule has 4 rings (SSSR count). The van der Waals surface area contributed by atoms with E-state index >= 15 is 0 Å². The van der Waals surface area contributed by atoms with Gasteiger partial charge in [0, 0.05) is 17.3 Å². The lowest BCUT2D eigenvalue weighted by atomic mass is 10.1. The Morgan fingerprint density at radius 3 is 2.55 bits per heavy atom. The van der Waals surface area contributed by atoms with E-state index in [1.54, 1.807) is 22.8 Å². The molecule has 0 fully saturated rings. The number of nitrogens with zero attached hydrogens (tertiary/aromatic N) is 4. The van der Waals surface area contributed by atoms with Gasteiger partial charge < -0.3 is 4.52 Å². The average molecular weight is 438 g/mol. The van der Waals surface area contributed by atoms with Gasteiger partial charge in [0.1, 0.15) is 5.82 Å². The van der Waals surface area contributed by atoms with Gasteiger partial charge in [-0.05, 0) is 30.2 Å². The molecule has 158 valence electrons. The summed E-state index contributed by atoms with van der Waals surface area (Å²) in [6.07, 6.45) is 0. The molecule has 0 atom stereocenters. The Hall–Kier alpha value is -3.46. The number of hydrogen-bond donors (Lipinski definition) is 1. The molecule has 0 radical (unpaired) electrons. The summed E-state index contributed by atoms with van der Waals surface area (Å²) in [4.78, 5) is 12.4. The van der Waals surface area contributed by atoms with Crippen LogP contribution in [0.3, 0.4) is 0 Å². The summed E-state index contributed by atoms with van der Waals surface area (Å²) >= 11 is 1.22. The molecule has 1 amide bonds. The van der Waals surface area contributed by atoms with Crippen molar-refractivity contribution in [2.75, 3.05) is 11.1 Å². The number of carbonyl (C=O) groups is 1. The molecule has 0 aliphatic carbocycles. The van der Waals surface area contributed by atoms with E-state index in [0.29, 0.717) is 22.6 Å². The Balaban J connectivity index is 1.55. The van der Waals surface area contributed by atoms with Crippen LogP contribution in [0.25, 0.3) is 17.1 Å². The minimum absolute atomic E-state index is 0.0891. The maximum atomic E-state index is 13.5. The third kappa shape index (κ3) is 4.83. The number of thioether (sulfide) groups is 1. The van der Waals surface area contributed by atoms with Gasteiger partial charge in [-0.1, -0.05) is 61.1 Å². The Morgan fingerprint density at radius 1 is 1.13 bits per heavy atom. The minimum Gasteiger partial charge on any atom is -0.338 e. The van der Waals surface area contributed by atoms with Crippen LogP contribution in [0.2, 0.25) is 0 Å². The zero-order valence-electron chi connectivity index (χ0n) is 16.9. The van der Waals surface area contributed by atoms with E-state index in [4.69, 9.17) is 4.52 Å². The number of hydrogen-bond acceptors (Lipinski definition) is 6. The first kappa shape index (κ1) is 20.8. The van der Waals surface area contributed by atoms with Gasteiger partial charge in [0.15, 0.2) is 11.0 Å². The van der Waals surface area contributed by atoms with Crippen LogP contribution in [-0.4, -0.2) is 31.6 Å². The van der Waals surface area contributed by atoms with Crippen LogP contribution in [-0.2, 0) is 4.79 Å². The van der Waals surface area contributed by atoms with Gasteiger partial charge in [0.05, 0.1) is 11.4 Å². The molecule has 0 spiro atoms. The van der Waals surface area contributed by atoms with E-state index in [2.05, 4.69) is 20.7 Å². The van der Waals surface area contributed by atoms with Crippen molar-refractivity contribution in [2.24, 2.45) is 0 Å². The molecule has 2 aromatic heterocycles. The topological polar surface area (TPSA) is 85.8 Å². The maximum Gasteiger partial charge on any atom is 0.237 e. The highest BCUT2D eigenvalue weighted by atomic mass is 32.2. The minimum atomic E-state index is -0.334. The number of halogens is 1. The molecule has 2 aromatic carbocycles. The van der Waals surface area contributed by atoms with E-state index < -0.39 is 0 Å². The van der Waals surface area contributed by atoms with Crippen molar-refractivity contribution in [1.82, 2.24) is 19.9 Å². The molecule has 31 heavy (non-hydrogen) atoms. The van der Waals surface area contributed by atoms with Crippen LogP contribution < -0.4 is 5.32 Å². The van der Waals surface area contributed by atoms with E-state index in [-0.39, 0.29) is 23.4 Å². The van der Waals surface area contributed by atoms with Crippen molar-refractivity contribution in [1.29, 1.82) is 0 Å². The highest BCUT2D eigenvalue weighted by molar-refractivity contribution is 7.99. The molecule has 0 saturated carbocycles. The molecular formula is C22H20FN5O2S. The fraction of sp³-hybridized carbons (Fsp3) is 0.182. The predicted molar refractivity (Wildman–Crippen MR) is 117 cm³/mol. The first-order valence-corrected chi connectivity index (χ1v) is 10.7. The van der Waals surface area contributed by atoms with Gasteiger partial charge in [-0.2, -0.15) is 0 Å². The zero-order valence-corrected chi connectivity index (χ0v) is 17.8. The third-order valence-corrected chi connectivity index (χ3v) is 5.39. The van der Waals surface area contributed by atoms with E-state index in [1.807, 2.05) is 44.2 Å². The maximum absolute atomic E-state index is 13.5. The lowest BCUT2D eigenvalue weighted by Crippen LogP contribution is -2.14. The molecule has 7 nitrogen and oxygen atoms in total. The monoisotopic (exact) mass is 437 g/mol. The van der Waals surface area contributed by atoms with Crippen LogP contribution in [0, 0.1) is 5.82 Å². The van der Waals surface area contributed by atoms with Crippen LogP contribution in [0.4, 0.5) is 10.3 Å². The van der Waals surface area contributed by atoms with Crippen LogP contribution in [0.5, 0.6) is 0 Å². The molecule has 1 N–H and O–H groups in total. The number of amides is 1. The second-order valence-electron chi connectivity index (χ2n) is 7.09. The van der Waals surface area contributed by atoms with Crippen molar-refractivity contribution in [2.45, 2.75) is 24.9 Å². The van der Waals surface area contributed by atoms with Crippen molar-refractivity contribution in [3.8, 4) is 17.1 Å². The largest absolute Gasteiger partial charge is 0.338 e. The summed E-state index contributed by atoms with van der Waals surface area (Å²) < 4.78 is 20.4. The lowest BCUT2D eigenvalue weighted by Gasteiger charge is -2.10. The fourth-order valence-corrected chi connectivity index (χ4v) is 3.64. The SMILES string of the molecule is CC(C)c1cc(NC(=O)CSc2nnc(-c3ccccc3)n2-c2ccc(F)cc2)on1. The van der Waals surface area contributed by atoms with Gasteiger partial charge in [0.25, 0.3) is 0 Å². The Kier molecular flexibility index (Phi) is 6.13. The van der Waals surface area contributed by atoms with E-state index in [9.17, 15) is 9.18 Å². The van der Waals surface area contributed by atoms with E-state index in [0.717, 1.165) is 11.3 Å². The predicted octanol–water partition coefficient (Wildman–Crippen LogP) is 4.92. The highest BCUT2D eigenvalue weighted by Crippen LogP contribution is 2.28. The lowest BCUT2D eigenvalue weighted by molar-refractivity contribution is -0.113. The quantitative estimate of drug-likeness (QED) is 0.413. The van der Waals surface area contributed by atoms with E-state index in [1.165, 1.54) is 23.9 Å². The number of anilines is 1. The summed E-state index contributed by atoms with van der Waals surface area (Å²) in [5.41, 5.74) is 2.33. The van der Waals surface area contributed by atoms with Gasteiger partial charge >= 0.3 is 0 Å². The van der Waals surface area contributed by atoms with Gasteiger partial charge in [-0.15, -0.1) is 10.2 Å². The number of nitrogens with one attached hydrogen (secondary N) is 1. The molecule has 0 unspecified atom stereocenters. The fourth-order valence-electron chi connectivity index (χ4n) is 2.88. The van der Waals surface area contributed by atoms with Gasteiger partial charge in [-0.25, -0.2) is 4.39 Å². The highest BCUT2D eigenvalue weighted by Gasteiger charge is 2.18. The second-order valence-corrected chi connectivity index (χ2v) is 8.03. The average Bonchev–Trinajstić information content (AvgIpc) is 3.41. The smallest absolute Gasteiger partial charge is 0.237 e.